The highest BCUT2D eigenvalue weighted by Crippen LogP contribution is 2.18. The van der Waals surface area contributed by atoms with Crippen LogP contribution < -0.4 is 5.32 Å². The summed E-state index contributed by atoms with van der Waals surface area (Å²) in [6.45, 7) is 10.6. The lowest BCUT2D eigenvalue weighted by Crippen LogP contribution is -2.46. The molecule has 5 nitrogen and oxygen atoms in total. The molecule has 1 aromatic heterocycles. The Bertz CT molecular complexity index is 374. The van der Waals surface area contributed by atoms with Crippen LogP contribution in [0.1, 0.15) is 45.9 Å². The molecule has 1 aliphatic rings. The number of nitrogens with one attached hydrogen (secondary N) is 1. The molecule has 0 aromatic carbocycles. The van der Waals surface area contributed by atoms with E-state index in [4.69, 9.17) is 0 Å². The van der Waals surface area contributed by atoms with Crippen LogP contribution in [0.2, 0.25) is 0 Å². The van der Waals surface area contributed by atoms with Crippen molar-refractivity contribution in [2.24, 2.45) is 0 Å². The zero-order valence-electron chi connectivity index (χ0n) is 12.5. The summed E-state index contributed by atoms with van der Waals surface area (Å²) in [4.78, 5) is 6.97. The van der Waals surface area contributed by atoms with Crippen molar-refractivity contribution in [3.63, 3.8) is 0 Å². The fraction of sp³-hybridized carbons (Fsp3) is 0.857. The molecule has 1 aliphatic heterocycles. The molecular weight excluding hydrogens is 238 g/mol. The van der Waals surface area contributed by atoms with E-state index in [1.54, 1.807) is 6.33 Å². The van der Waals surface area contributed by atoms with Crippen molar-refractivity contribution in [3.05, 3.63) is 12.2 Å². The first-order valence-electron chi connectivity index (χ1n) is 7.54. The van der Waals surface area contributed by atoms with Crippen LogP contribution >= 0.6 is 0 Å². The average Bonchev–Trinajstić information content (AvgIpc) is 2.85. The van der Waals surface area contributed by atoms with Crippen LogP contribution in [-0.4, -0.2) is 44.8 Å². The lowest BCUT2D eigenvalue weighted by molar-refractivity contribution is 0.130. The summed E-state index contributed by atoms with van der Waals surface area (Å²) in [7, 11) is 0. The first kappa shape index (κ1) is 14.5. The Morgan fingerprint density at radius 2 is 2.26 bits per heavy atom. The Balaban J connectivity index is 1.95. The van der Waals surface area contributed by atoms with Gasteiger partial charge in [0.25, 0.3) is 0 Å². The predicted molar refractivity (Wildman–Crippen MR) is 76.9 cm³/mol. The van der Waals surface area contributed by atoms with E-state index < -0.39 is 0 Å². The number of rotatable bonds is 6. The van der Waals surface area contributed by atoms with Crippen molar-refractivity contribution in [1.82, 2.24) is 25.0 Å². The second-order valence-corrected chi connectivity index (χ2v) is 5.68. The van der Waals surface area contributed by atoms with E-state index in [0.717, 1.165) is 25.5 Å². The fourth-order valence-electron chi connectivity index (χ4n) is 2.73. The third-order valence-electron chi connectivity index (χ3n) is 3.85. The van der Waals surface area contributed by atoms with Gasteiger partial charge in [-0.15, -0.1) is 0 Å². The number of aromatic nitrogens is 3. The molecule has 0 saturated carbocycles. The molecule has 1 N–H and O–H groups in total. The maximum atomic E-state index is 4.40. The largest absolute Gasteiger partial charge is 0.313 e. The van der Waals surface area contributed by atoms with Crippen molar-refractivity contribution in [2.45, 2.75) is 65.2 Å². The summed E-state index contributed by atoms with van der Waals surface area (Å²) in [6, 6.07) is 1.20. The number of hydrogen-bond acceptors (Lipinski definition) is 4. The maximum Gasteiger partial charge on any atom is 0.141 e. The molecule has 1 unspecified atom stereocenters. The standard InChI is InChI=1S/C14H27N5/c1-4-19-14(16-11-17-19)10-18-8-6-5-7-13(18)9-15-12(2)3/h11-13,15H,4-10H2,1-3H3. The Hall–Kier alpha value is -0.940. The highest BCUT2D eigenvalue weighted by molar-refractivity contribution is 4.88. The zero-order valence-corrected chi connectivity index (χ0v) is 12.5. The van der Waals surface area contributed by atoms with Crippen molar-refractivity contribution in [2.75, 3.05) is 13.1 Å². The SMILES string of the molecule is CCn1ncnc1CN1CCCCC1CNC(C)C. The Morgan fingerprint density at radius 1 is 1.42 bits per heavy atom. The minimum atomic E-state index is 0.558. The highest BCUT2D eigenvalue weighted by atomic mass is 15.3. The second-order valence-electron chi connectivity index (χ2n) is 5.68. The van der Waals surface area contributed by atoms with Crippen molar-refractivity contribution >= 4 is 0 Å². The summed E-state index contributed by atoms with van der Waals surface area (Å²) in [5.74, 6) is 1.10. The topological polar surface area (TPSA) is 46.0 Å². The normalized spacial score (nSPS) is 21.2. The monoisotopic (exact) mass is 265 g/mol. The molecule has 0 bridgehead atoms. The number of likely N-dealkylation sites (tertiary alicyclic amines) is 1. The highest BCUT2D eigenvalue weighted by Gasteiger charge is 2.23. The van der Waals surface area contributed by atoms with E-state index in [9.17, 15) is 0 Å². The van der Waals surface area contributed by atoms with Crippen molar-refractivity contribution < 1.29 is 0 Å². The van der Waals surface area contributed by atoms with E-state index in [1.807, 2.05) is 4.68 Å². The maximum absolute atomic E-state index is 4.40. The van der Waals surface area contributed by atoms with Gasteiger partial charge in [-0.25, -0.2) is 9.67 Å². The van der Waals surface area contributed by atoms with Gasteiger partial charge in [-0.05, 0) is 26.3 Å². The number of aryl methyl sites for hydroxylation is 1. The number of hydrogen-bond donors (Lipinski definition) is 1. The van der Waals surface area contributed by atoms with Crippen LogP contribution in [0.4, 0.5) is 0 Å². The van der Waals surface area contributed by atoms with Crippen LogP contribution in [0.15, 0.2) is 6.33 Å². The first-order chi connectivity index (χ1) is 9.20. The van der Waals surface area contributed by atoms with Gasteiger partial charge in [0.2, 0.25) is 0 Å². The Labute approximate surface area is 116 Å². The third-order valence-corrected chi connectivity index (χ3v) is 3.85. The van der Waals surface area contributed by atoms with Gasteiger partial charge >= 0.3 is 0 Å². The van der Waals surface area contributed by atoms with E-state index in [-0.39, 0.29) is 0 Å². The number of nitrogens with zero attached hydrogens (tertiary/aromatic N) is 4. The van der Waals surface area contributed by atoms with Crippen LogP contribution in [0, 0.1) is 0 Å². The van der Waals surface area contributed by atoms with Gasteiger partial charge in [-0.2, -0.15) is 5.10 Å². The molecule has 19 heavy (non-hydrogen) atoms. The summed E-state index contributed by atoms with van der Waals surface area (Å²) in [5.41, 5.74) is 0. The summed E-state index contributed by atoms with van der Waals surface area (Å²) in [5, 5.41) is 7.83. The van der Waals surface area contributed by atoms with E-state index >= 15 is 0 Å². The van der Waals surface area contributed by atoms with Crippen LogP contribution in [0.25, 0.3) is 0 Å². The van der Waals surface area contributed by atoms with Crippen LogP contribution in [-0.2, 0) is 13.1 Å². The molecule has 0 spiro atoms. The smallest absolute Gasteiger partial charge is 0.141 e. The molecule has 108 valence electrons. The fourth-order valence-corrected chi connectivity index (χ4v) is 2.73. The number of piperidine rings is 1. The molecule has 0 aliphatic carbocycles. The third kappa shape index (κ3) is 4.01. The van der Waals surface area contributed by atoms with Gasteiger partial charge in [0.05, 0.1) is 6.54 Å². The van der Waals surface area contributed by atoms with Crippen molar-refractivity contribution in [1.29, 1.82) is 0 Å². The summed E-state index contributed by atoms with van der Waals surface area (Å²) in [6.07, 6.45) is 5.62. The lowest BCUT2D eigenvalue weighted by Gasteiger charge is -2.36. The van der Waals surface area contributed by atoms with Gasteiger partial charge in [0, 0.05) is 25.2 Å². The van der Waals surface area contributed by atoms with Crippen LogP contribution in [0.3, 0.4) is 0 Å². The van der Waals surface area contributed by atoms with E-state index in [0.29, 0.717) is 12.1 Å². The molecule has 1 fully saturated rings. The molecule has 1 saturated heterocycles. The molecule has 5 heteroatoms. The van der Waals surface area contributed by atoms with Gasteiger partial charge < -0.3 is 5.32 Å². The zero-order chi connectivity index (χ0) is 13.7. The van der Waals surface area contributed by atoms with Gasteiger partial charge in [-0.1, -0.05) is 20.3 Å². The van der Waals surface area contributed by atoms with Gasteiger partial charge in [-0.3, -0.25) is 4.90 Å². The first-order valence-corrected chi connectivity index (χ1v) is 7.54. The van der Waals surface area contributed by atoms with E-state index in [1.165, 1.54) is 25.8 Å². The van der Waals surface area contributed by atoms with Crippen LogP contribution in [0.5, 0.6) is 0 Å². The summed E-state index contributed by atoms with van der Waals surface area (Å²) < 4.78 is 2.00. The summed E-state index contributed by atoms with van der Waals surface area (Å²) >= 11 is 0. The Morgan fingerprint density at radius 3 is 3.00 bits per heavy atom. The molecule has 0 radical (unpaired) electrons. The quantitative estimate of drug-likeness (QED) is 0.849. The van der Waals surface area contributed by atoms with E-state index in [2.05, 4.69) is 41.1 Å². The molecule has 0 amide bonds. The lowest BCUT2D eigenvalue weighted by atomic mass is 10.0. The van der Waals surface area contributed by atoms with Crippen molar-refractivity contribution in [3.8, 4) is 0 Å². The van der Waals surface area contributed by atoms with Gasteiger partial charge in [0.15, 0.2) is 0 Å². The predicted octanol–water partition coefficient (Wildman–Crippen LogP) is 1.65. The average molecular weight is 265 g/mol. The molecule has 1 atom stereocenters. The minimum absolute atomic E-state index is 0.558. The molecule has 2 heterocycles. The molecular formula is C14H27N5. The second kappa shape index (κ2) is 7.01. The molecule has 1 aromatic rings. The minimum Gasteiger partial charge on any atom is -0.313 e. The molecule has 2 rings (SSSR count). The Kier molecular flexibility index (Phi) is 5.34. The van der Waals surface area contributed by atoms with Gasteiger partial charge in [0.1, 0.15) is 12.2 Å².